The Labute approximate surface area is 110 Å². The lowest BCUT2D eigenvalue weighted by Gasteiger charge is -2.22. The van der Waals surface area contributed by atoms with Crippen molar-refractivity contribution in [3.8, 4) is 0 Å². The third-order valence-electron chi connectivity index (χ3n) is 3.99. The van der Waals surface area contributed by atoms with Crippen LogP contribution in [0.2, 0.25) is 0 Å². The summed E-state index contributed by atoms with van der Waals surface area (Å²) in [6.07, 6.45) is 9.98. The molecule has 0 aromatic carbocycles. The minimum atomic E-state index is 0.433. The lowest BCUT2D eigenvalue weighted by molar-refractivity contribution is 0.375. The molecule has 1 atom stereocenters. The smallest absolute Gasteiger partial charge is 0.0756 e. The maximum absolute atomic E-state index is 4.16. The molecule has 1 heterocycles. The fraction of sp³-hybridized carbons (Fsp3) is 0.857. The van der Waals surface area contributed by atoms with Gasteiger partial charge in [-0.05, 0) is 32.2 Å². The van der Waals surface area contributed by atoms with E-state index in [9.17, 15) is 0 Å². The summed E-state index contributed by atoms with van der Waals surface area (Å²) >= 11 is 0. The van der Waals surface area contributed by atoms with Gasteiger partial charge in [-0.25, -0.2) is 4.68 Å². The Kier molecular flexibility index (Phi) is 5.17. The van der Waals surface area contributed by atoms with E-state index >= 15 is 0 Å². The van der Waals surface area contributed by atoms with Crippen molar-refractivity contribution in [3.63, 3.8) is 0 Å². The van der Waals surface area contributed by atoms with Gasteiger partial charge in [0.05, 0.1) is 17.9 Å². The third kappa shape index (κ3) is 3.31. The number of aromatic nitrogens is 3. The molecule has 102 valence electrons. The lowest BCUT2D eigenvalue weighted by atomic mass is 9.96. The van der Waals surface area contributed by atoms with Gasteiger partial charge in [0.25, 0.3) is 0 Å². The Morgan fingerprint density at radius 3 is 2.83 bits per heavy atom. The summed E-state index contributed by atoms with van der Waals surface area (Å²) in [7, 11) is 0. The number of nitrogens with zero attached hydrogens (tertiary/aromatic N) is 3. The van der Waals surface area contributed by atoms with Crippen LogP contribution in [-0.2, 0) is 6.54 Å². The highest BCUT2D eigenvalue weighted by Crippen LogP contribution is 2.32. The molecule has 18 heavy (non-hydrogen) atoms. The van der Waals surface area contributed by atoms with Crippen molar-refractivity contribution in [2.75, 3.05) is 6.54 Å². The molecule has 2 rings (SSSR count). The molecule has 1 aromatic heterocycles. The standard InChI is InChI=1S/C14H26N4/c1-3-9-15-13(10-12-7-5-6-8-12)14-11-16-17-18(14)4-2/h11-13,15H,3-10H2,1-2H3. The van der Waals surface area contributed by atoms with Crippen LogP contribution < -0.4 is 5.32 Å². The van der Waals surface area contributed by atoms with Gasteiger partial charge in [-0.3, -0.25) is 0 Å². The number of hydrogen-bond acceptors (Lipinski definition) is 3. The van der Waals surface area contributed by atoms with E-state index in [0.717, 1.165) is 19.0 Å². The Hall–Kier alpha value is -0.900. The topological polar surface area (TPSA) is 42.7 Å². The SMILES string of the molecule is CCCNC(CC1CCCC1)c1cnnn1CC. The molecule has 1 aromatic rings. The fourth-order valence-corrected chi connectivity index (χ4v) is 2.99. The second-order valence-corrected chi connectivity index (χ2v) is 5.37. The molecule has 1 fully saturated rings. The van der Waals surface area contributed by atoms with Crippen LogP contribution in [-0.4, -0.2) is 21.5 Å². The molecule has 1 aliphatic rings. The van der Waals surface area contributed by atoms with Crippen molar-refractivity contribution in [1.82, 2.24) is 20.3 Å². The van der Waals surface area contributed by atoms with Gasteiger partial charge in [-0.15, -0.1) is 5.10 Å². The van der Waals surface area contributed by atoms with Crippen molar-refractivity contribution >= 4 is 0 Å². The molecule has 4 nitrogen and oxygen atoms in total. The molecular formula is C14H26N4. The number of hydrogen-bond donors (Lipinski definition) is 1. The number of nitrogens with one attached hydrogen (secondary N) is 1. The Morgan fingerprint density at radius 1 is 1.39 bits per heavy atom. The predicted octanol–water partition coefficient (Wildman–Crippen LogP) is 2.92. The third-order valence-corrected chi connectivity index (χ3v) is 3.99. The van der Waals surface area contributed by atoms with Crippen LogP contribution in [0.5, 0.6) is 0 Å². The zero-order valence-corrected chi connectivity index (χ0v) is 11.7. The normalized spacial score (nSPS) is 18.3. The van der Waals surface area contributed by atoms with Crippen LogP contribution in [0.1, 0.15) is 64.1 Å². The van der Waals surface area contributed by atoms with E-state index in [2.05, 4.69) is 29.5 Å². The fourth-order valence-electron chi connectivity index (χ4n) is 2.99. The molecule has 1 N–H and O–H groups in total. The van der Waals surface area contributed by atoms with Gasteiger partial charge in [0, 0.05) is 6.54 Å². The molecule has 0 bridgehead atoms. The van der Waals surface area contributed by atoms with E-state index in [1.807, 2.05) is 10.9 Å². The van der Waals surface area contributed by atoms with Crippen LogP contribution in [0.4, 0.5) is 0 Å². The van der Waals surface area contributed by atoms with Gasteiger partial charge >= 0.3 is 0 Å². The van der Waals surface area contributed by atoms with Gasteiger partial charge in [-0.2, -0.15) is 0 Å². The highest BCUT2D eigenvalue weighted by molar-refractivity contribution is 5.03. The largest absolute Gasteiger partial charge is 0.309 e. The first-order valence-corrected chi connectivity index (χ1v) is 7.46. The van der Waals surface area contributed by atoms with Gasteiger partial charge in [-0.1, -0.05) is 37.8 Å². The van der Waals surface area contributed by atoms with E-state index in [1.165, 1.54) is 44.2 Å². The van der Waals surface area contributed by atoms with Crippen molar-refractivity contribution in [2.45, 2.75) is 65.0 Å². The molecule has 4 heteroatoms. The average molecular weight is 250 g/mol. The lowest BCUT2D eigenvalue weighted by Crippen LogP contribution is -2.26. The second kappa shape index (κ2) is 6.88. The summed E-state index contributed by atoms with van der Waals surface area (Å²) in [4.78, 5) is 0. The first kappa shape index (κ1) is 13.5. The monoisotopic (exact) mass is 250 g/mol. The van der Waals surface area contributed by atoms with Crippen LogP contribution in [0.15, 0.2) is 6.20 Å². The Bertz CT molecular complexity index is 341. The number of rotatable bonds is 7. The van der Waals surface area contributed by atoms with E-state index in [1.54, 1.807) is 0 Å². The van der Waals surface area contributed by atoms with Crippen molar-refractivity contribution < 1.29 is 0 Å². The average Bonchev–Trinajstić information content (AvgIpc) is 3.04. The minimum absolute atomic E-state index is 0.433. The van der Waals surface area contributed by atoms with Crippen molar-refractivity contribution in [1.29, 1.82) is 0 Å². The zero-order chi connectivity index (χ0) is 12.8. The minimum Gasteiger partial charge on any atom is -0.309 e. The second-order valence-electron chi connectivity index (χ2n) is 5.37. The highest BCUT2D eigenvalue weighted by Gasteiger charge is 2.23. The van der Waals surface area contributed by atoms with Crippen LogP contribution >= 0.6 is 0 Å². The van der Waals surface area contributed by atoms with Gasteiger partial charge in [0.15, 0.2) is 0 Å². The molecular weight excluding hydrogens is 224 g/mol. The van der Waals surface area contributed by atoms with E-state index in [-0.39, 0.29) is 0 Å². The summed E-state index contributed by atoms with van der Waals surface area (Å²) in [6, 6.07) is 0.433. The molecule has 0 saturated heterocycles. The van der Waals surface area contributed by atoms with E-state index in [4.69, 9.17) is 0 Å². The highest BCUT2D eigenvalue weighted by atomic mass is 15.4. The molecule has 0 aliphatic heterocycles. The summed E-state index contributed by atoms with van der Waals surface area (Å²) in [5.74, 6) is 0.888. The quantitative estimate of drug-likeness (QED) is 0.809. The molecule has 0 radical (unpaired) electrons. The zero-order valence-electron chi connectivity index (χ0n) is 11.7. The molecule has 1 aliphatic carbocycles. The van der Waals surface area contributed by atoms with Gasteiger partial charge in [0.1, 0.15) is 0 Å². The van der Waals surface area contributed by atoms with E-state index in [0.29, 0.717) is 6.04 Å². The van der Waals surface area contributed by atoms with Crippen LogP contribution in [0, 0.1) is 5.92 Å². The first-order chi connectivity index (χ1) is 8.85. The van der Waals surface area contributed by atoms with Gasteiger partial charge < -0.3 is 5.32 Å². The summed E-state index contributed by atoms with van der Waals surface area (Å²) in [5.41, 5.74) is 1.26. The molecule has 0 amide bonds. The Morgan fingerprint density at radius 2 is 2.17 bits per heavy atom. The van der Waals surface area contributed by atoms with Crippen molar-refractivity contribution in [3.05, 3.63) is 11.9 Å². The van der Waals surface area contributed by atoms with Gasteiger partial charge in [0.2, 0.25) is 0 Å². The number of aryl methyl sites for hydroxylation is 1. The summed E-state index contributed by atoms with van der Waals surface area (Å²) in [6.45, 7) is 6.33. The molecule has 0 spiro atoms. The first-order valence-electron chi connectivity index (χ1n) is 7.46. The predicted molar refractivity (Wildman–Crippen MR) is 73.3 cm³/mol. The summed E-state index contributed by atoms with van der Waals surface area (Å²) in [5, 5.41) is 11.9. The molecule has 1 saturated carbocycles. The van der Waals surface area contributed by atoms with Crippen LogP contribution in [0.25, 0.3) is 0 Å². The van der Waals surface area contributed by atoms with Crippen LogP contribution in [0.3, 0.4) is 0 Å². The summed E-state index contributed by atoms with van der Waals surface area (Å²) < 4.78 is 2.03. The van der Waals surface area contributed by atoms with Crippen molar-refractivity contribution in [2.24, 2.45) is 5.92 Å². The molecule has 1 unspecified atom stereocenters. The van der Waals surface area contributed by atoms with E-state index < -0.39 is 0 Å². The maximum atomic E-state index is 4.16. The Balaban J connectivity index is 2.03. The maximum Gasteiger partial charge on any atom is 0.0756 e.